The van der Waals surface area contributed by atoms with Gasteiger partial charge in [-0.1, -0.05) is 13.8 Å². The number of primary amides is 1. The predicted octanol–water partition coefficient (Wildman–Crippen LogP) is 0.964. The molecule has 1 aromatic rings. The van der Waals surface area contributed by atoms with Crippen molar-refractivity contribution in [2.75, 3.05) is 0 Å². The van der Waals surface area contributed by atoms with E-state index in [9.17, 15) is 14.4 Å². The van der Waals surface area contributed by atoms with E-state index < -0.39 is 24.0 Å². The van der Waals surface area contributed by atoms with Gasteiger partial charge in [-0.25, -0.2) is 9.59 Å². The van der Waals surface area contributed by atoms with Gasteiger partial charge in [0, 0.05) is 0 Å². The quantitative estimate of drug-likeness (QED) is 0.790. The molecule has 0 bridgehead atoms. The molecule has 0 fully saturated rings. The van der Waals surface area contributed by atoms with Crippen molar-refractivity contribution in [2.45, 2.75) is 26.9 Å². The van der Waals surface area contributed by atoms with Crippen LogP contribution < -0.4 is 11.1 Å². The second-order valence-corrected chi connectivity index (χ2v) is 4.31. The molecule has 1 atom stereocenters. The summed E-state index contributed by atoms with van der Waals surface area (Å²) in [5.74, 6) is -1.36. The first-order chi connectivity index (χ1) is 8.82. The van der Waals surface area contributed by atoms with Gasteiger partial charge in [-0.15, -0.1) is 0 Å². The molecule has 1 heterocycles. The van der Waals surface area contributed by atoms with Crippen LogP contribution in [0.15, 0.2) is 16.7 Å². The van der Waals surface area contributed by atoms with Crippen LogP contribution in [0.2, 0.25) is 0 Å². The van der Waals surface area contributed by atoms with Gasteiger partial charge in [-0.05, 0) is 18.9 Å². The smallest absolute Gasteiger partial charge is 0.342 e. The summed E-state index contributed by atoms with van der Waals surface area (Å²) in [7, 11) is 0. The fourth-order valence-electron chi connectivity index (χ4n) is 1.46. The van der Waals surface area contributed by atoms with Gasteiger partial charge in [0.1, 0.15) is 11.3 Å². The number of hydrogen-bond acceptors (Lipinski definition) is 5. The number of aryl methyl sites for hydroxylation is 1. The van der Waals surface area contributed by atoms with Gasteiger partial charge < -0.3 is 14.9 Å². The normalized spacial score (nSPS) is 12.0. The number of ether oxygens (including phenoxy) is 1. The summed E-state index contributed by atoms with van der Waals surface area (Å²) in [5.41, 5.74) is 5.09. The molecule has 0 spiro atoms. The van der Waals surface area contributed by atoms with Gasteiger partial charge >= 0.3 is 12.0 Å². The first-order valence-electron chi connectivity index (χ1n) is 5.68. The molecule has 19 heavy (non-hydrogen) atoms. The molecule has 0 aliphatic carbocycles. The molecule has 7 nitrogen and oxygen atoms in total. The maximum atomic E-state index is 11.9. The predicted molar refractivity (Wildman–Crippen MR) is 65.2 cm³/mol. The monoisotopic (exact) mass is 268 g/mol. The molecule has 0 aromatic carbocycles. The number of furan rings is 1. The molecular formula is C12H16N2O5. The Hall–Kier alpha value is -2.31. The Kier molecular flexibility index (Phi) is 4.68. The number of carbonyl (C=O) groups is 3. The Morgan fingerprint density at radius 2 is 2.00 bits per heavy atom. The lowest BCUT2D eigenvalue weighted by molar-refractivity contribution is -0.130. The maximum Gasteiger partial charge on any atom is 0.342 e. The number of imide groups is 1. The molecule has 0 aliphatic rings. The molecule has 104 valence electrons. The topological polar surface area (TPSA) is 112 Å². The standard InChI is InChI=1S/C12H16N2O5/c1-6(2)9(10(15)14-12(13)17)19-11(16)8-4-5-18-7(8)3/h4-6,9H,1-3H3,(H3,13,14,15,17)/t9-/m0/s1. The first kappa shape index (κ1) is 14.7. The summed E-state index contributed by atoms with van der Waals surface area (Å²) < 4.78 is 10.1. The van der Waals surface area contributed by atoms with E-state index in [1.54, 1.807) is 20.8 Å². The second kappa shape index (κ2) is 6.03. The van der Waals surface area contributed by atoms with Crippen molar-refractivity contribution in [3.63, 3.8) is 0 Å². The maximum absolute atomic E-state index is 11.9. The van der Waals surface area contributed by atoms with Crippen LogP contribution in [-0.2, 0) is 9.53 Å². The Balaban J connectivity index is 2.80. The number of esters is 1. The lowest BCUT2D eigenvalue weighted by atomic mass is 10.1. The molecule has 0 saturated heterocycles. The summed E-state index contributed by atoms with van der Waals surface area (Å²) in [6.07, 6.45) is 0.245. The summed E-state index contributed by atoms with van der Waals surface area (Å²) in [6.45, 7) is 4.96. The number of nitrogens with two attached hydrogens (primary N) is 1. The van der Waals surface area contributed by atoms with E-state index in [0.717, 1.165) is 0 Å². The number of nitrogens with one attached hydrogen (secondary N) is 1. The molecular weight excluding hydrogens is 252 g/mol. The molecule has 0 aliphatic heterocycles. The number of rotatable bonds is 4. The minimum atomic E-state index is -1.10. The Morgan fingerprint density at radius 3 is 2.42 bits per heavy atom. The van der Waals surface area contributed by atoms with Crippen molar-refractivity contribution in [1.29, 1.82) is 0 Å². The van der Waals surface area contributed by atoms with Gasteiger partial charge in [0.05, 0.1) is 6.26 Å². The van der Waals surface area contributed by atoms with Gasteiger partial charge in [-0.3, -0.25) is 10.1 Å². The summed E-state index contributed by atoms with van der Waals surface area (Å²) in [5, 5.41) is 1.89. The van der Waals surface area contributed by atoms with E-state index in [2.05, 4.69) is 0 Å². The zero-order chi connectivity index (χ0) is 14.6. The van der Waals surface area contributed by atoms with Crippen molar-refractivity contribution >= 4 is 17.9 Å². The van der Waals surface area contributed by atoms with Crippen LogP contribution in [-0.4, -0.2) is 24.0 Å². The van der Waals surface area contributed by atoms with Gasteiger partial charge in [-0.2, -0.15) is 0 Å². The average Bonchev–Trinajstić information content (AvgIpc) is 2.70. The first-order valence-corrected chi connectivity index (χ1v) is 5.68. The Morgan fingerprint density at radius 1 is 1.37 bits per heavy atom. The Labute approximate surface area is 110 Å². The SMILES string of the molecule is Cc1occc1C(=O)O[C@H](C(=O)NC(N)=O)C(C)C. The number of urea groups is 1. The number of hydrogen-bond donors (Lipinski definition) is 2. The van der Waals surface area contributed by atoms with Gasteiger partial charge in [0.25, 0.3) is 5.91 Å². The number of amides is 3. The van der Waals surface area contributed by atoms with Crippen molar-refractivity contribution in [3.8, 4) is 0 Å². The Bertz CT molecular complexity index is 492. The lowest BCUT2D eigenvalue weighted by Crippen LogP contribution is -2.45. The van der Waals surface area contributed by atoms with E-state index in [1.165, 1.54) is 12.3 Å². The zero-order valence-electron chi connectivity index (χ0n) is 10.9. The fraction of sp³-hybridized carbons (Fsp3) is 0.417. The van der Waals surface area contributed by atoms with Crippen molar-refractivity contribution in [2.24, 2.45) is 11.7 Å². The summed E-state index contributed by atoms with van der Waals surface area (Å²) in [6, 6.07) is 0.451. The highest BCUT2D eigenvalue weighted by atomic mass is 16.5. The summed E-state index contributed by atoms with van der Waals surface area (Å²) >= 11 is 0. The number of carbonyl (C=O) groups excluding carboxylic acids is 3. The van der Waals surface area contributed by atoms with E-state index in [0.29, 0.717) is 5.76 Å². The van der Waals surface area contributed by atoms with Crippen LogP contribution in [0.5, 0.6) is 0 Å². The fourth-order valence-corrected chi connectivity index (χ4v) is 1.46. The molecule has 1 aromatic heterocycles. The highest BCUT2D eigenvalue weighted by Crippen LogP contribution is 2.14. The third-order valence-corrected chi connectivity index (χ3v) is 2.42. The molecule has 1 rings (SSSR count). The molecule has 0 saturated carbocycles. The second-order valence-electron chi connectivity index (χ2n) is 4.31. The average molecular weight is 268 g/mol. The highest BCUT2D eigenvalue weighted by Gasteiger charge is 2.28. The minimum absolute atomic E-state index is 0.234. The van der Waals surface area contributed by atoms with Crippen LogP contribution in [0, 0.1) is 12.8 Å². The van der Waals surface area contributed by atoms with Gasteiger partial charge in [0.15, 0.2) is 6.10 Å². The molecule has 3 N–H and O–H groups in total. The van der Waals surface area contributed by atoms with Crippen molar-refractivity contribution in [3.05, 3.63) is 23.7 Å². The van der Waals surface area contributed by atoms with E-state index in [-0.39, 0.29) is 11.5 Å². The third kappa shape index (κ3) is 3.84. The van der Waals surface area contributed by atoms with Crippen molar-refractivity contribution in [1.82, 2.24) is 5.32 Å². The van der Waals surface area contributed by atoms with Gasteiger partial charge in [0.2, 0.25) is 0 Å². The van der Waals surface area contributed by atoms with Crippen LogP contribution in [0.25, 0.3) is 0 Å². The van der Waals surface area contributed by atoms with E-state index >= 15 is 0 Å². The summed E-state index contributed by atoms with van der Waals surface area (Å²) in [4.78, 5) is 34.2. The van der Waals surface area contributed by atoms with E-state index in [1.807, 2.05) is 5.32 Å². The van der Waals surface area contributed by atoms with E-state index in [4.69, 9.17) is 14.9 Å². The minimum Gasteiger partial charge on any atom is -0.469 e. The zero-order valence-corrected chi connectivity index (χ0v) is 10.9. The highest BCUT2D eigenvalue weighted by molar-refractivity contribution is 5.98. The van der Waals surface area contributed by atoms with Crippen LogP contribution in [0.3, 0.4) is 0 Å². The molecule has 0 radical (unpaired) electrons. The molecule has 7 heteroatoms. The lowest BCUT2D eigenvalue weighted by Gasteiger charge is -2.19. The van der Waals surface area contributed by atoms with Crippen LogP contribution in [0.4, 0.5) is 4.79 Å². The molecule has 0 unspecified atom stereocenters. The molecule has 3 amide bonds. The third-order valence-electron chi connectivity index (χ3n) is 2.42. The van der Waals surface area contributed by atoms with Crippen LogP contribution in [0.1, 0.15) is 30.0 Å². The van der Waals surface area contributed by atoms with Crippen molar-refractivity contribution < 1.29 is 23.5 Å². The largest absolute Gasteiger partial charge is 0.469 e. The van der Waals surface area contributed by atoms with Crippen LogP contribution >= 0.6 is 0 Å².